The van der Waals surface area contributed by atoms with Crippen LogP contribution in [0.25, 0.3) is 32.3 Å². The van der Waals surface area contributed by atoms with Gasteiger partial charge in [0.1, 0.15) is 5.75 Å². The fraction of sp³-hybridized carbons (Fsp3) is 0. The Labute approximate surface area is 152 Å². The highest BCUT2D eigenvalue weighted by Crippen LogP contribution is 2.29. The van der Waals surface area contributed by atoms with Gasteiger partial charge in [0.25, 0.3) is 0 Å². The van der Waals surface area contributed by atoms with Crippen LogP contribution in [0.5, 0.6) is 5.75 Å². The molecule has 0 aliphatic heterocycles. The summed E-state index contributed by atoms with van der Waals surface area (Å²) in [5.41, 5.74) is 0. The number of carbonyl (C=O) groups is 1. The van der Waals surface area contributed by atoms with Crippen molar-refractivity contribution in [2.75, 3.05) is 0 Å². The van der Waals surface area contributed by atoms with Gasteiger partial charge in [0, 0.05) is 0 Å². The summed E-state index contributed by atoms with van der Waals surface area (Å²) in [6, 6.07) is 22.7. The van der Waals surface area contributed by atoms with Gasteiger partial charge in [-0.1, -0.05) is 36.9 Å². The highest BCUT2D eigenvalue weighted by atomic mass is 127. The number of esters is 1. The van der Waals surface area contributed by atoms with Gasteiger partial charge in [0.2, 0.25) is 0 Å². The maximum absolute atomic E-state index is 11.7. The first-order valence-corrected chi connectivity index (χ1v) is 8.61. The molecule has 0 unspecified atom stereocenters. The third-order valence-corrected chi connectivity index (χ3v) is 4.50. The van der Waals surface area contributed by atoms with E-state index in [9.17, 15) is 4.79 Å². The van der Waals surface area contributed by atoms with Crippen LogP contribution in [-0.2, 0) is 4.79 Å². The van der Waals surface area contributed by atoms with Gasteiger partial charge in [0.05, 0.1) is 3.58 Å². The molecule has 4 rings (SSSR count). The Bertz CT molecular complexity index is 1130. The van der Waals surface area contributed by atoms with Crippen LogP contribution < -0.4 is 4.74 Å². The standard InChI is InChI=1S/C21H13IO2/c1-13(22)21(23)24-20-7-6-16-10-17-8-14-4-2-3-5-15(14)9-18(17)11-19(16)12-20/h2-12H,1H2. The average molecular weight is 424 g/mol. The van der Waals surface area contributed by atoms with Crippen LogP contribution in [-0.4, -0.2) is 5.97 Å². The summed E-state index contributed by atoms with van der Waals surface area (Å²) in [5.74, 6) is 0.118. The van der Waals surface area contributed by atoms with Crippen molar-refractivity contribution in [1.29, 1.82) is 0 Å². The molecule has 0 bridgehead atoms. The molecule has 0 aliphatic rings. The van der Waals surface area contributed by atoms with Gasteiger partial charge in [-0.05, 0) is 91.3 Å². The number of halogens is 1. The molecule has 0 fully saturated rings. The Balaban J connectivity index is 1.87. The van der Waals surface area contributed by atoms with Gasteiger partial charge in [-0.2, -0.15) is 0 Å². The first-order valence-electron chi connectivity index (χ1n) is 7.53. The average Bonchev–Trinajstić information content (AvgIpc) is 2.58. The van der Waals surface area contributed by atoms with Crippen LogP contribution in [0.3, 0.4) is 0 Å². The minimum Gasteiger partial charge on any atom is -0.423 e. The fourth-order valence-corrected chi connectivity index (χ4v) is 3.01. The maximum atomic E-state index is 11.7. The van der Waals surface area contributed by atoms with Gasteiger partial charge in [-0.25, -0.2) is 4.79 Å². The third kappa shape index (κ3) is 2.76. The maximum Gasteiger partial charge on any atom is 0.349 e. The van der Waals surface area contributed by atoms with E-state index in [0.29, 0.717) is 9.33 Å². The Hall–Kier alpha value is -2.40. The van der Waals surface area contributed by atoms with Gasteiger partial charge >= 0.3 is 5.97 Å². The van der Waals surface area contributed by atoms with Crippen LogP contribution in [0.2, 0.25) is 0 Å². The van der Waals surface area contributed by atoms with E-state index in [-0.39, 0.29) is 0 Å². The molecule has 0 N–H and O–H groups in total. The quantitative estimate of drug-likeness (QED) is 0.130. The highest BCUT2D eigenvalue weighted by Gasteiger charge is 2.08. The van der Waals surface area contributed by atoms with Crippen LogP contribution in [0, 0.1) is 0 Å². The molecule has 0 heterocycles. The van der Waals surface area contributed by atoms with Gasteiger partial charge in [-0.15, -0.1) is 0 Å². The second-order valence-corrected chi connectivity index (χ2v) is 7.00. The number of rotatable bonds is 2. The number of ether oxygens (including phenoxy) is 1. The normalized spacial score (nSPS) is 11.0. The van der Waals surface area contributed by atoms with Crippen molar-refractivity contribution in [3.05, 3.63) is 76.9 Å². The lowest BCUT2D eigenvalue weighted by Crippen LogP contribution is -2.06. The van der Waals surface area contributed by atoms with Crippen molar-refractivity contribution in [2.24, 2.45) is 0 Å². The molecular weight excluding hydrogens is 411 g/mol. The lowest BCUT2D eigenvalue weighted by atomic mass is 10.00. The van der Waals surface area contributed by atoms with Gasteiger partial charge in [-0.3, -0.25) is 0 Å². The van der Waals surface area contributed by atoms with E-state index in [1.165, 1.54) is 21.5 Å². The van der Waals surface area contributed by atoms with Crippen LogP contribution in [0.4, 0.5) is 0 Å². The monoisotopic (exact) mass is 424 g/mol. The molecule has 0 saturated carbocycles. The van der Waals surface area contributed by atoms with Crippen molar-refractivity contribution >= 4 is 60.9 Å². The van der Waals surface area contributed by atoms with E-state index in [1.54, 1.807) is 0 Å². The van der Waals surface area contributed by atoms with E-state index in [1.807, 2.05) is 46.9 Å². The summed E-state index contributed by atoms with van der Waals surface area (Å²) in [4.78, 5) is 11.7. The molecule has 0 saturated heterocycles. The van der Waals surface area contributed by atoms with Crippen LogP contribution in [0.15, 0.2) is 76.9 Å². The van der Waals surface area contributed by atoms with Crippen molar-refractivity contribution in [3.63, 3.8) is 0 Å². The van der Waals surface area contributed by atoms with Crippen molar-refractivity contribution < 1.29 is 9.53 Å². The lowest BCUT2D eigenvalue weighted by Gasteiger charge is -2.07. The van der Waals surface area contributed by atoms with E-state index in [0.717, 1.165) is 10.8 Å². The Kier molecular flexibility index (Phi) is 3.73. The molecule has 0 aliphatic carbocycles. The summed E-state index contributed by atoms with van der Waals surface area (Å²) >= 11 is 1.86. The largest absolute Gasteiger partial charge is 0.423 e. The zero-order valence-electron chi connectivity index (χ0n) is 12.8. The molecule has 116 valence electrons. The van der Waals surface area contributed by atoms with Gasteiger partial charge < -0.3 is 4.74 Å². The van der Waals surface area contributed by atoms with Crippen molar-refractivity contribution in [2.45, 2.75) is 0 Å². The molecule has 0 aromatic heterocycles. The SMILES string of the molecule is C=C(I)C(=O)Oc1ccc2cc3cc4ccccc4cc3cc2c1. The number of carbonyl (C=O) groups excluding carboxylic acids is 1. The number of benzene rings is 4. The van der Waals surface area contributed by atoms with Crippen LogP contribution in [0.1, 0.15) is 0 Å². The van der Waals surface area contributed by atoms with Crippen molar-refractivity contribution in [1.82, 2.24) is 0 Å². The zero-order chi connectivity index (χ0) is 16.7. The smallest absolute Gasteiger partial charge is 0.349 e. The number of hydrogen-bond acceptors (Lipinski definition) is 2. The number of hydrogen-bond donors (Lipinski definition) is 0. The highest BCUT2D eigenvalue weighted by molar-refractivity contribution is 14.1. The molecule has 2 nitrogen and oxygen atoms in total. The molecule has 4 aromatic carbocycles. The molecular formula is C21H13IO2. The predicted molar refractivity (Wildman–Crippen MR) is 108 cm³/mol. The summed E-state index contributed by atoms with van der Waals surface area (Å²) in [6.45, 7) is 3.60. The summed E-state index contributed by atoms with van der Waals surface area (Å²) in [5, 5.41) is 6.98. The first kappa shape index (κ1) is 15.1. The lowest BCUT2D eigenvalue weighted by molar-refractivity contribution is -0.129. The minimum absolute atomic E-state index is 0.359. The number of fused-ring (bicyclic) bond motifs is 3. The summed E-state index contributed by atoms with van der Waals surface area (Å²) in [6.07, 6.45) is 0. The second-order valence-electron chi connectivity index (χ2n) is 5.70. The Morgan fingerprint density at radius 2 is 1.25 bits per heavy atom. The minimum atomic E-state index is -0.415. The molecule has 0 spiro atoms. The molecule has 0 atom stereocenters. The Morgan fingerprint density at radius 3 is 1.83 bits per heavy atom. The zero-order valence-corrected chi connectivity index (χ0v) is 14.9. The molecule has 3 heteroatoms. The molecule has 0 amide bonds. The van der Waals surface area contributed by atoms with E-state index < -0.39 is 5.97 Å². The molecule has 24 heavy (non-hydrogen) atoms. The Morgan fingerprint density at radius 1 is 0.750 bits per heavy atom. The van der Waals surface area contributed by atoms with E-state index in [2.05, 4.69) is 49.0 Å². The third-order valence-electron chi connectivity index (χ3n) is 4.06. The predicted octanol–water partition coefficient (Wildman–Crippen LogP) is 6.00. The molecule has 0 radical (unpaired) electrons. The summed E-state index contributed by atoms with van der Waals surface area (Å²) < 4.78 is 5.68. The van der Waals surface area contributed by atoms with Crippen molar-refractivity contribution in [3.8, 4) is 5.75 Å². The van der Waals surface area contributed by atoms with E-state index >= 15 is 0 Å². The first-order chi connectivity index (χ1) is 11.6. The van der Waals surface area contributed by atoms with Gasteiger partial charge in [0.15, 0.2) is 0 Å². The van der Waals surface area contributed by atoms with Crippen LogP contribution >= 0.6 is 22.6 Å². The molecule has 4 aromatic rings. The second kappa shape index (κ2) is 5.91. The topological polar surface area (TPSA) is 26.3 Å². The summed E-state index contributed by atoms with van der Waals surface area (Å²) in [7, 11) is 0. The fourth-order valence-electron chi connectivity index (χ4n) is 2.90. The van der Waals surface area contributed by atoms with E-state index in [4.69, 9.17) is 4.74 Å².